The number of esters is 1. The molecule has 1 aromatic carbocycles. The van der Waals surface area contributed by atoms with E-state index in [2.05, 4.69) is 10.1 Å². The Morgan fingerprint density at radius 2 is 2.05 bits per heavy atom. The van der Waals surface area contributed by atoms with Crippen LogP contribution in [0.4, 0.5) is 8.78 Å². The predicted octanol–water partition coefficient (Wildman–Crippen LogP) is 3.26. The maximum absolute atomic E-state index is 13.9. The number of halogens is 2. The first-order valence-electron chi connectivity index (χ1n) is 6.32. The van der Waals surface area contributed by atoms with E-state index in [4.69, 9.17) is 9.26 Å². The number of nitrogens with zero attached hydrogens (tertiary/aromatic N) is 2. The van der Waals surface area contributed by atoms with Crippen molar-refractivity contribution >= 4 is 17.1 Å². The maximum atomic E-state index is 13.9. The summed E-state index contributed by atoms with van der Waals surface area (Å²) in [7, 11) is 1.22. The summed E-state index contributed by atoms with van der Waals surface area (Å²) >= 11 is 0. The highest BCUT2D eigenvalue weighted by Gasteiger charge is 2.21. The first-order chi connectivity index (χ1) is 10.5. The van der Waals surface area contributed by atoms with Crippen LogP contribution >= 0.6 is 0 Å². The van der Waals surface area contributed by atoms with E-state index in [1.54, 1.807) is 6.92 Å². The quantitative estimate of drug-likeness (QED) is 0.680. The first kappa shape index (κ1) is 14.1. The molecule has 0 N–H and O–H groups in total. The average molecular weight is 304 g/mol. The van der Waals surface area contributed by atoms with Crippen LogP contribution in [-0.2, 0) is 4.74 Å². The largest absolute Gasteiger partial charge is 0.465 e. The van der Waals surface area contributed by atoms with E-state index < -0.39 is 17.6 Å². The molecule has 0 saturated heterocycles. The third-order valence-electron chi connectivity index (χ3n) is 3.23. The first-order valence-corrected chi connectivity index (χ1v) is 6.32. The van der Waals surface area contributed by atoms with Crippen molar-refractivity contribution in [3.05, 3.63) is 47.2 Å². The van der Waals surface area contributed by atoms with Crippen LogP contribution in [-0.4, -0.2) is 23.2 Å². The van der Waals surface area contributed by atoms with E-state index in [-0.39, 0.29) is 22.5 Å². The summed E-state index contributed by atoms with van der Waals surface area (Å²) in [6.45, 7) is 1.64. The predicted molar refractivity (Wildman–Crippen MR) is 73.2 cm³/mol. The second-order valence-electron chi connectivity index (χ2n) is 4.62. The number of carbonyl (C=O) groups excluding carboxylic acids is 1. The topological polar surface area (TPSA) is 65.2 Å². The molecule has 3 aromatic rings. The summed E-state index contributed by atoms with van der Waals surface area (Å²) in [5.41, 5.74) is 0.611. The Morgan fingerprint density at radius 3 is 2.77 bits per heavy atom. The van der Waals surface area contributed by atoms with E-state index in [0.717, 1.165) is 18.2 Å². The smallest absolute Gasteiger partial charge is 0.338 e. The van der Waals surface area contributed by atoms with Gasteiger partial charge in [0.15, 0.2) is 0 Å². The van der Waals surface area contributed by atoms with Crippen molar-refractivity contribution in [3.8, 4) is 11.3 Å². The average Bonchev–Trinajstić information content (AvgIpc) is 2.89. The van der Waals surface area contributed by atoms with Gasteiger partial charge in [-0.3, -0.25) is 0 Å². The molecule has 0 fully saturated rings. The van der Waals surface area contributed by atoms with Gasteiger partial charge in [0.25, 0.3) is 5.71 Å². The molecule has 0 bridgehead atoms. The van der Waals surface area contributed by atoms with Crippen molar-refractivity contribution in [1.29, 1.82) is 0 Å². The van der Waals surface area contributed by atoms with Gasteiger partial charge in [-0.05, 0) is 31.2 Å². The van der Waals surface area contributed by atoms with Gasteiger partial charge in [0.05, 0.1) is 29.4 Å². The lowest BCUT2D eigenvalue weighted by atomic mass is 10.1. The zero-order valence-electron chi connectivity index (χ0n) is 11.7. The second kappa shape index (κ2) is 5.18. The molecule has 2 aromatic heterocycles. The Balaban J connectivity index is 2.32. The van der Waals surface area contributed by atoms with Crippen molar-refractivity contribution in [2.24, 2.45) is 0 Å². The normalized spacial score (nSPS) is 10.9. The van der Waals surface area contributed by atoms with E-state index >= 15 is 0 Å². The second-order valence-corrected chi connectivity index (χ2v) is 4.62. The number of aryl methyl sites for hydroxylation is 1. The SMILES string of the molecule is COC(=O)c1cc(-c2cc(F)ccc2F)nc2onc(C)c12. The van der Waals surface area contributed by atoms with Crippen molar-refractivity contribution < 1.29 is 22.8 Å². The van der Waals surface area contributed by atoms with E-state index in [1.807, 2.05) is 0 Å². The fourth-order valence-electron chi connectivity index (χ4n) is 2.20. The molecule has 0 amide bonds. The molecular formula is C15H10F2N2O3. The molecule has 0 aliphatic carbocycles. The molecule has 0 atom stereocenters. The standard InChI is InChI=1S/C15H10F2N2O3/c1-7-13-10(15(20)21-2)6-12(18-14(13)22-19-7)9-5-8(16)3-4-11(9)17/h3-6H,1-2H3. The molecule has 5 nitrogen and oxygen atoms in total. The van der Waals surface area contributed by atoms with Crippen LogP contribution < -0.4 is 0 Å². The van der Waals surface area contributed by atoms with Crippen molar-refractivity contribution in [2.45, 2.75) is 6.92 Å². The molecular weight excluding hydrogens is 294 g/mol. The van der Waals surface area contributed by atoms with Crippen LogP contribution in [0.2, 0.25) is 0 Å². The number of hydrogen-bond acceptors (Lipinski definition) is 5. The van der Waals surface area contributed by atoms with Crippen molar-refractivity contribution in [3.63, 3.8) is 0 Å². The van der Waals surface area contributed by atoms with Crippen LogP contribution in [0, 0.1) is 18.6 Å². The number of ether oxygens (including phenoxy) is 1. The summed E-state index contributed by atoms with van der Waals surface area (Å²) in [5, 5.41) is 4.12. The number of carbonyl (C=O) groups is 1. The number of fused-ring (bicyclic) bond motifs is 1. The fraction of sp³-hybridized carbons (Fsp3) is 0.133. The molecule has 112 valence electrons. The third kappa shape index (κ3) is 2.20. The monoisotopic (exact) mass is 304 g/mol. The van der Waals surface area contributed by atoms with E-state index in [9.17, 15) is 13.6 Å². The van der Waals surface area contributed by atoms with Gasteiger partial charge < -0.3 is 9.26 Å². The van der Waals surface area contributed by atoms with Gasteiger partial charge >= 0.3 is 5.97 Å². The Kier molecular flexibility index (Phi) is 3.32. The van der Waals surface area contributed by atoms with Gasteiger partial charge in [0.2, 0.25) is 0 Å². The summed E-state index contributed by atoms with van der Waals surface area (Å²) in [6, 6.07) is 4.31. The van der Waals surface area contributed by atoms with Gasteiger partial charge in [-0.1, -0.05) is 5.16 Å². The van der Waals surface area contributed by atoms with E-state index in [0.29, 0.717) is 11.1 Å². The molecule has 0 spiro atoms. The number of rotatable bonds is 2. The van der Waals surface area contributed by atoms with E-state index in [1.165, 1.54) is 13.2 Å². The molecule has 0 unspecified atom stereocenters. The molecule has 2 heterocycles. The number of hydrogen-bond donors (Lipinski definition) is 0. The van der Waals surface area contributed by atoms with Crippen molar-refractivity contribution in [2.75, 3.05) is 7.11 Å². The minimum absolute atomic E-state index is 0.0547. The summed E-state index contributed by atoms with van der Waals surface area (Å²) < 4.78 is 37.0. The van der Waals surface area contributed by atoms with Crippen molar-refractivity contribution in [1.82, 2.24) is 10.1 Å². The molecule has 7 heteroatoms. The molecule has 0 aliphatic rings. The van der Waals surface area contributed by atoms with Crippen LogP contribution in [0.3, 0.4) is 0 Å². The van der Waals surface area contributed by atoms with Crippen LogP contribution in [0.15, 0.2) is 28.8 Å². The third-order valence-corrected chi connectivity index (χ3v) is 3.23. The number of methoxy groups -OCH3 is 1. The van der Waals surface area contributed by atoms with Gasteiger partial charge in [-0.2, -0.15) is 0 Å². The summed E-state index contributed by atoms with van der Waals surface area (Å²) in [6.07, 6.45) is 0. The number of benzene rings is 1. The van der Waals surface area contributed by atoms with Gasteiger partial charge in [-0.25, -0.2) is 18.6 Å². The minimum atomic E-state index is -0.666. The Labute approximate surface area is 123 Å². The Hall–Kier alpha value is -2.83. The minimum Gasteiger partial charge on any atom is -0.465 e. The molecule has 0 radical (unpaired) electrons. The fourth-order valence-corrected chi connectivity index (χ4v) is 2.20. The Bertz CT molecular complexity index is 890. The lowest BCUT2D eigenvalue weighted by molar-refractivity contribution is 0.0603. The van der Waals surface area contributed by atoms with Gasteiger partial charge in [0, 0.05) is 5.56 Å². The maximum Gasteiger partial charge on any atom is 0.338 e. The van der Waals surface area contributed by atoms with Crippen LogP contribution in [0.5, 0.6) is 0 Å². The van der Waals surface area contributed by atoms with Crippen LogP contribution in [0.25, 0.3) is 22.4 Å². The lowest BCUT2D eigenvalue weighted by Gasteiger charge is -2.06. The number of aromatic nitrogens is 2. The van der Waals surface area contributed by atoms with Gasteiger partial charge in [-0.15, -0.1) is 0 Å². The van der Waals surface area contributed by atoms with Crippen LogP contribution in [0.1, 0.15) is 16.1 Å². The summed E-state index contributed by atoms with van der Waals surface area (Å²) in [4.78, 5) is 16.0. The lowest BCUT2D eigenvalue weighted by Crippen LogP contribution is -2.04. The molecule has 22 heavy (non-hydrogen) atoms. The zero-order chi connectivity index (χ0) is 15.9. The molecule has 3 rings (SSSR count). The molecule has 0 aliphatic heterocycles. The zero-order valence-corrected chi connectivity index (χ0v) is 11.7. The highest BCUT2D eigenvalue weighted by Crippen LogP contribution is 2.29. The summed E-state index contributed by atoms with van der Waals surface area (Å²) in [5.74, 6) is -1.93. The number of pyridine rings is 1. The van der Waals surface area contributed by atoms with Gasteiger partial charge in [0.1, 0.15) is 11.6 Å². The Morgan fingerprint density at radius 1 is 1.27 bits per heavy atom. The molecule has 0 saturated carbocycles. The highest BCUT2D eigenvalue weighted by atomic mass is 19.1. The highest BCUT2D eigenvalue weighted by molar-refractivity contribution is 6.04.